The second-order valence-electron chi connectivity index (χ2n) is 32.0. The standard InChI is InChI=1S/3C24H32O4S/c3*1-14(25)29-19-13-15-12-16(26)4-8-22(15,2)17-5-9-23(3)18(21(17)19)6-10-24(23)11-7-20(27)28-24/h3*12,17-19,21H,4-11,13H2,1-3H3/t3*17-,18-,19+,21+,22-,23-,24+/m000/s1. The van der Waals surface area contributed by atoms with E-state index in [1.54, 1.807) is 20.8 Å². The number of hydrogen-bond acceptors (Lipinski definition) is 15. The lowest BCUT2D eigenvalue weighted by Gasteiger charge is -2.61. The molecule has 0 aromatic rings. The lowest BCUT2D eigenvalue weighted by atomic mass is 9.46. The maximum Gasteiger partial charge on any atom is 0.306 e. The molecular weight excluding hydrogens is 1150 g/mol. The first kappa shape index (κ1) is 62.5. The van der Waals surface area contributed by atoms with E-state index < -0.39 is 0 Å². The Labute approximate surface area is 529 Å². The van der Waals surface area contributed by atoms with Crippen LogP contribution < -0.4 is 0 Å². The maximum atomic E-state index is 12.2. The van der Waals surface area contributed by atoms with Crippen molar-refractivity contribution in [2.75, 3.05) is 0 Å². The molecule has 0 aromatic carbocycles. The Kier molecular flexibility index (Phi) is 15.7. The van der Waals surface area contributed by atoms with Crippen molar-refractivity contribution in [3.63, 3.8) is 0 Å². The number of thioether (sulfide) groups is 3. The number of ether oxygens (including phenoxy) is 3. The van der Waals surface area contributed by atoms with Gasteiger partial charge in [0.15, 0.2) is 32.7 Å². The molecule has 12 nitrogen and oxygen atoms in total. The van der Waals surface area contributed by atoms with Crippen LogP contribution in [0.1, 0.15) is 236 Å². The van der Waals surface area contributed by atoms with Crippen LogP contribution >= 0.6 is 35.3 Å². The third kappa shape index (κ3) is 9.61. The fraction of sp³-hybridized carbons (Fsp3) is 0.792. The molecular formula is C72H96O12S3. The minimum absolute atomic E-state index is 0.0119. The Morgan fingerprint density at radius 1 is 0.356 bits per heavy atom. The predicted octanol–water partition coefficient (Wildman–Crippen LogP) is 14.6. The molecule has 12 fully saturated rings. The molecule has 474 valence electrons. The summed E-state index contributed by atoms with van der Waals surface area (Å²) in [5, 5.41) is 1.23. The van der Waals surface area contributed by atoms with E-state index in [1.165, 1.54) is 52.0 Å². The molecule has 0 aromatic heterocycles. The van der Waals surface area contributed by atoms with Crippen LogP contribution in [0, 0.1) is 85.8 Å². The van der Waals surface area contributed by atoms with Gasteiger partial charge in [0.1, 0.15) is 16.8 Å². The monoisotopic (exact) mass is 1250 g/mol. The topological polar surface area (TPSA) is 181 Å². The number of fused-ring (bicyclic) bond motifs is 18. The van der Waals surface area contributed by atoms with Gasteiger partial charge in [-0.3, -0.25) is 43.2 Å². The Morgan fingerprint density at radius 3 is 0.839 bits per heavy atom. The fourth-order valence-corrected chi connectivity index (χ4v) is 28.1. The van der Waals surface area contributed by atoms with Crippen molar-refractivity contribution in [1.82, 2.24) is 0 Å². The van der Waals surface area contributed by atoms with Crippen LogP contribution in [-0.2, 0) is 57.4 Å². The van der Waals surface area contributed by atoms with E-state index in [0.29, 0.717) is 91.8 Å². The van der Waals surface area contributed by atoms with E-state index in [2.05, 4.69) is 41.5 Å². The molecule has 3 spiro atoms. The molecule has 0 radical (unpaired) electrons. The van der Waals surface area contributed by atoms with Crippen molar-refractivity contribution >= 4 is 85.9 Å². The summed E-state index contributed by atoms with van der Waals surface area (Å²) in [5.41, 5.74) is 3.28. The second kappa shape index (κ2) is 21.9. The van der Waals surface area contributed by atoms with Crippen molar-refractivity contribution < 1.29 is 57.4 Å². The lowest BCUT2D eigenvalue weighted by Crippen LogP contribution is -2.57. The van der Waals surface area contributed by atoms with Crippen molar-refractivity contribution in [1.29, 1.82) is 0 Å². The predicted molar refractivity (Wildman–Crippen MR) is 337 cm³/mol. The number of carbonyl (C=O) groups excluding carboxylic acids is 9. The van der Waals surface area contributed by atoms with Gasteiger partial charge < -0.3 is 14.2 Å². The molecule has 87 heavy (non-hydrogen) atoms. The zero-order valence-corrected chi connectivity index (χ0v) is 55.8. The zero-order valence-electron chi connectivity index (χ0n) is 53.4. The molecule has 21 atom stereocenters. The molecule has 0 bridgehead atoms. The molecule has 3 heterocycles. The van der Waals surface area contributed by atoms with Gasteiger partial charge in [0.2, 0.25) is 0 Å². The van der Waals surface area contributed by atoms with Crippen LogP contribution in [-0.4, -0.2) is 83.2 Å². The van der Waals surface area contributed by atoms with Crippen LogP contribution in [0.5, 0.6) is 0 Å². The lowest BCUT2D eigenvalue weighted by molar-refractivity contribution is -0.168. The quantitative estimate of drug-likeness (QED) is 0.192. The van der Waals surface area contributed by atoms with Crippen molar-refractivity contribution in [3.05, 3.63) is 34.9 Å². The molecule has 0 unspecified atom stereocenters. The van der Waals surface area contributed by atoms with Crippen LogP contribution in [0.15, 0.2) is 34.9 Å². The number of allylic oxidation sites excluding steroid dienone is 3. The summed E-state index contributed by atoms with van der Waals surface area (Å²) in [6, 6.07) is 0. The van der Waals surface area contributed by atoms with Gasteiger partial charge in [-0.25, -0.2) is 0 Å². The highest BCUT2D eigenvalue weighted by molar-refractivity contribution is 8.14. The van der Waals surface area contributed by atoms with Gasteiger partial charge in [-0.15, -0.1) is 0 Å². The molecule has 15 rings (SSSR count). The van der Waals surface area contributed by atoms with Gasteiger partial charge in [-0.2, -0.15) is 0 Å². The van der Waals surface area contributed by atoms with Crippen molar-refractivity contribution in [2.45, 2.75) is 268 Å². The highest BCUT2D eigenvalue weighted by Gasteiger charge is 2.72. The van der Waals surface area contributed by atoms with E-state index in [-0.39, 0.29) is 116 Å². The summed E-state index contributed by atoms with van der Waals surface area (Å²) in [4.78, 5) is 109. The SMILES string of the molecule is CC(=O)S[C@@H]1CC2=CC(=O)CC[C@]2(C)[C@H]2CC[C@@]3(C)[C@@H](CC[C@@]34CCC(=O)O4)[C@H]12.CC(=O)S[C@@H]1CC2=CC(=O)CC[C@]2(C)[C@H]2CC[C@@]3(C)[C@@H](CC[C@@]34CCC(=O)O4)[C@H]12.CC(=O)S[C@@H]1CC2=CC(=O)CC[C@]2(C)[C@H]2CC[C@@]3(C)[C@@H](CC[C@@]34CCC(=O)O4)[C@H]12. The third-order valence-corrected chi connectivity index (χ3v) is 32.2. The average Bonchev–Trinajstić information content (AvgIpc) is 1.65. The first-order chi connectivity index (χ1) is 41.1. The number of hydrogen-bond donors (Lipinski definition) is 0. The first-order valence-electron chi connectivity index (χ1n) is 33.9. The normalized spacial score (nSPS) is 48.6. The van der Waals surface area contributed by atoms with Crippen LogP contribution in [0.25, 0.3) is 0 Å². The Morgan fingerprint density at radius 2 is 0.609 bits per heavy atom. The number of esters is 3. The summed E-state index contributed by atoms with van der Waals surface area (Å²) in [5.74, 6) is 5.02. The minimum Gasteiger partial charge on any atom is -0.458 e. The minimum atomic E-state index is -0.287. The summed E-state index contributed by atoms with van der Waals surface area (Å²) >= 11 is 4.49. The number of carbonyl (C=O) groups is 9. The number of rotatable bonds is 3. The van der Waals surface area contributed by atoms with Crippen molar-refractivity contribution in [3.8, 4) is 0 Å². The van der Waals surface area contributed by atoms with E-state index in [0.717, 1.165) is 135 Å². The molecule has 3 saturated heterocycles. The van der Waals surface area contributed by atoms with Crippen LogP contribution in [0.4, 0.5) is 0 Å². The molecule has 15 aliphatic rings. The molecule has 0 N–H and O–H groups in total. The smallest absolute Gasteiger partial charge is 0.306 e. The second-order valence-corrected chi connectivity index (χ2v) is 36.2. The third-order valence-electron chi connectivity index (χ3n) is 28.8. The van der Waals surface area contributed by atoms with E-state index in [9.17, 15) is 43.2 Å². The van der Waals surface area contributed by atoms with Gasteiger partial charge >= 0.3 is 17.9 Å². The van der Waals surface area contributed by atoms with Gasteiger partial charge in [0.05, 0.1) is 0 Å². The highest BCUT2D eigenvalue weighted by atomic mass is 32.2. The fourth-order valence-electron chi connectivity index (χ4n) is 24.4. The van der Waals surface area contributed by atoms with E-state index in [4.69, 9.17) is 14.2 Å². The largest absolute Gasteiger partial charge is 0.458 e. The van der Waals surface area contributed by atoms with Gasteiger partial charge in [-0.1, -0.05) is 93.5 Å². The summed E-state index contributed by atoms with van der Waals surface area (Å²) in [6.45, 7) is 19.2. The van der Waals surface area contributed by atoms with Crippen molar-refractivity contribution in [2.24, 2.45) is 85.8 Å². The van der Waals surface area contributed by atoms with Crippen LogP contribution in [0.3, 0.4) is 0 Å². The molecule has 15 heteroatoms. The summed E-state index contributed by atoms with van der Waals surface area (Å²) in [7, 11) is 0. The molecule has 3 aliphatic heterocycles. The maximum absolute atomic E-state index is 12.2. The Balaban J connectivity index is 0.000000121. The first-order valence-corrected chi connectivity index (χ1v) is 36.6. The van der Waals surface area contributed by atoms with E-state index in [1.807, 2.05) is 18.2 Å². The Bertz CT molecular complexity index is 2770. The molecule has 9 saturated carbocycles. The molecule has 0 amide bonds. The van der Waals surface area contributed by atoms with Gasteiger partial charge in [-0.05, 0) is 223 Å². The number of ketones is 3. The summed E-state index contributed by atoms with van der Waals surface area (Å²) in [6.07, 6.45) is 30.1. The summed E-state index contributed by atoms with van der Waals surface area (Å²) < 4.78 is 18.2. The highest BCUT2D eigenvalue weighted by Crippen LogP contribution is 2.74. The van der Waals surface area contributed by atoms with Gasteiger partial charge in [0.25, 0.3) is 0 Å². The van der Waals surface area contributed by atoms with Crippen LogP contribution in [0.2, 0.25) is 0 Å². The van der Waals surface area contributed by atoms with Gasteiger partial charge in [0, 0.05) is 91.3 Å². The molecule has 12 aliphatic carbocycles. The zero-order chi connectivity index (χ0) is 61.8. The van der Waals surface area contributed by atoms with E-state index >= 15 is 0 Å². The Hall–Kier alpha value is -3.30. The average molecular weight is 1250 g/mol.